The van der Waals surface area contributed by atoms with Gasteiger partial charge in [-0.2, -0.15) is 0 Å². The summed E-state index contributed by atoms with van der Waals surface area (Å²) in [5, 5.41) is 8.09. The lowest BCUT2D eigenvalue weighted by Crippen LogP contribution is -2.37. The zero-order chi connectivity index (χ0) is 15.8. The molecule has 0 radical (unpaired) electrons. The lowest BCUT2D eigenvalue weighted by atomic mass is 10.2. The van der Waals surface area contributed by atoms with Gasteiger partial charge in [0, 0.05) is 11.4 Å². The van der Waals surface area contributed by atoms with Crippen LogP contribution in [0.15, 0.2) is 35.4 Å². The molecule has 0 atom stereocenters. The van der Waals surface area contributed by atoms with Crippen LogP contribution in [0.3, 0.4) is 0 Å². The van der Waals surface area contributed by atoms with Crippen molar-refractivity contribution in [3.05, 3.63) is 41.1 Å². The number of amides is 1. The van der Waals surface area contributed by atoms with Crippen LogP contribution in [0.4, 0.5) is 0 Å². The largest absolute Gasteiger partial charge is 0.352 e. The summed E-state index contributed by atoms with van der Waals surface area (Å²) in [6, 6.07) is 7.73. The van der Waals surface area contributed by atoms with Crippen molar-refractivity contribution in [2.24, 2.45) is 0 Å². The van der Waals surface area contributed by atoms with Gasteiger partial charge in [-0.25, -0.2) is 18.9 Å². The molecule has 0 aliphatic heterocycles. The molecule has 4 rings (SSSR count). The third kappa shape index (κ3) is 2.48. The Morgan fingerprint density at radius 2 is 2.04 bits per heavy atom. The number of hydrogen-bond donors (Lipinski definition) is 1. The lowest BCUT2D eigenvalue weighted by molar-refractivity contribution is -0.122. The van der Waals surface area contributed by atoms with Gasteiger partial charge in [0.15, 0.2) is 5.65 Å². The molecule has 7 heteroatoms. The van der Waals surface area contributed by atoms with Gasteiger partial charge in [0.2, 0.25) is 5.91 Å². The van der Waals surface area contributed by atoms with Crippen LogP contribution in [-0.4, -0.2) is 31.1 Å². The average molecular weight is 311 g/mol. The van der Waals surface area contributed by atoms with Gasteiger partial charge >= 0.3 is 5.69 Å². The number of carbonyl (C=O) groups is 1. The van der Waals surface area contributed by atoms with Crippen LogP contribution in [0.1, 0.15) is 25.7 Å². The van der Waals surface area contributed by atoms with E-state index in [0.29, 0.717) is 5.65 Å². The number of nitrogens with zero attached hydrogens (tertiary/aromatic N) is 4. The molecule has 0 saturated heterocycles. The first-order chi connectivity index (χ1) is 11.2. The summed E-state index contributed by atoms with van der Waals surface area (Å²) in [7, 11) is 0. The number of benzene rings is 1. The standard InChI is InChI=1S/C16H17N5O2/c22-14(18-11-5-1-2-6-11)9-21-16(23)20-10-17-13-8-4-3-7-12(13)15(20)19-21/h3-4,7-8,10-11H,1-2,5-6,9H2,(H,18,22). The Labute approximate surface area is 131 Å². The van der Waals surface area contributed by atoms with Crippen molar-refractivity contribution in [3.8, 4) is 0 Å². The summed E-state index contributed by atoms with van der Waals surface area (Å²) in [5.74, 6) is -0.167. The zero-order valence-electron chi connectivity index (χ0n) is 12.6. The summed E-state index contributed by atoms with van der Waals surface area (Å²) in [6.07, 6.45) is 5.78. The normalized spacial score (nSPS) is 15.5. The molecule has 23 heavy (non-hydrogen) atoms. The quantitative estimate of drug-likeness (QED) is 0.785. The number of para-hydroxylation sites is 1. The Morgan fingerprint density at radius 1 is 1.26 bits per heavy atom. The van der Waals surface area contributed by atoms with Gasteiger partial charge < -0.3 is 5.32 Å². The predicted molar refractivity (Wildman–Crippen MR) is 85.2 cm³/mol. The second kappa shape index (κ2) is 5.49. The SMILES string of the molecule is O=C(Cn1nc2c3ccccc3ncn2c1=O)NC1CCCC1. The minimum atomic E-state index is -0.347. The van der Waals surface area contributed by atoms with Crippen molar-refractivity contribution >= 4 is 22.5 Å². The molecule has 118 valence electrons. The maximum Gasteiger partial charge on any atom is 0.352 e. The third-order valence-electron chi connectivity index (χ3n) is 4.34. The highest BCUT2D eigenvalue weighted by atomic mass is 16.2. The van der Waals surface area contributed by atoms with Crippen LogP contribution in [-0.2, 0) is 11.3 Å². The Bertz CT molecular complexity index is 936. The third-order valence-corrected chi connectivity index (χ3v) is 4.34. The van der Waals surface area contributed by atoms with Crippen LogP contribution < -0.4 is 11.0 Å². The molecular formula is C16H17N5O2. The first kappa shape index (κ1) is 13.9. The van der Waals surface area contributed by atoms with E-state index < -0.39 is 0 Å². The lowest BCUT2D eigenvalue weighted by Gasteiger charge is -2.10. The fraction of sp³-hybridized carbons (Fsp3) is 0.375. The van der Waals surface area contributed by atoms with E-state index in [2.05, 4.69) is 15.4 Å². The number of hydrogen-bond acceptors (Lipinski definition) is 4. The van der Waals surface area contributed by atoms with Crippen molar-refractivity contribution in [1.29, 1.82) is 0 Å². The molecule has 1 aliphatic carbocycles. The van der Waals surface area contributed by atoms with E-state index >= 15 is 0 Å². The van der Waals surface area contributed by atoms with Crippen molar-refractivity contribution in [2.75, 3.05) is 0 Å². The van der Waals surface area contributed by atoms with E-state index in [1.165, 1.54) is 15.4 Å². The number of fused-ring (bicyclic) bond motifs is 3. The topological polar surface area (TPSA) is 81.3 Å². The molecule has 1 fully saturated rings. The number of aromatic nitrogens is 4. The van der Waals surface area contributed by atoms with Crippen LogP contribution >= 0.6 is 0 Å². The van der Waals surface area contributed by atoms with E-state index in [1.807, 2.05) is 24.3 Å². The van der Waals surface area contributed by atoms with E-state index in [1.54, 1.807) is 0 Å². The summed E-state index contributed by atoms with van der Waals surface area (Å²) in [6.45, 7) is -0.0641. The van der Waals surface area contributed by atoms with Gasteiger partial charge in [0.25, 0.3) is 0 Å². The van der Waals surface area contributed by atoms with E-state index in [4.69, 9.17) is 0 Å². The zero-order valence-corrected chi connectivity index (χ0v) is 12.6. The Hall–Kier alpha value is -2.70. The maximum atomic E-state index is 12.4. The van der Waals surface area contributed by atoms with E-state index in [-0.39, 0.29) is 24.2 Å². The molecule has 1 aromatic carbocycles. The number of nitrogens with one attached hydrogen (secondary N) is 1. The molecule has 1 saturated carbocycles. The first-order valence-corrected chi connectivity index (χ1v) is 7.84. The molecule has 2 heterocycles. The second-order valence-corrected chi connectivity index (χ2v) is 5.94. The molecule has 0 unspecified atom stereocenters. The predicted octanol–water partition coefficient (Wildman–Crippen LogP) is 1.10. The summed E-state index contributed by atoms with van der Waals surface area (Å²) >= 11 is 0. The minimum absolute atomic E-state index is 0.0641. The average Bonchev–Trinajstić information content (AvgIpc) is 3.16. The summed E-state index contributed by atoms with van der Waals surface area (Å²) in [5.41, 5.74) is 0.946. The molecule has 1 aliphatic rings. The molecule has 2 aromatic heterocycles. The molecule has 1 amide bonds. The van der Waals surface area contributed by atoms with Crippen molar-refractivity contribution in [3.63, 3.8) is 0 Å². The highest BCUT2D eigenvalue weighted by molar-refractivity contribution is 5.90. The van der Waals surface area contributed by atoms with Gasteiger partial charge in [0.1, 0.15) is 12.9 Å². The van der Waals surface area contributed by atoms with Crippen LogP contribution in [0.25, 0.3) is 16.6 Å². The van der Waals surface area contributed by atoms with Gasteiger partial charge in [-0.15, -0.1) is 5.10 Å². The fourth-order valence-corrected chi connectivity index (χ4v) is 3.19. The van der Waals surface area contributed by atoms with Crippen LogP contribution in [0.2, 0.25) is 0 Å². The van der Waals surface area contributed by atoms with E-state index in [9.17, 15) is 9.59 Å². The number of rotatable bonds is 3. The smallest absolute Gasteiger partial charge is 0.352 e. The van der Waals surface area contributed by atoms with Gasteiger partial charge in [-0.1, -0.05) is 25.0 Å². The molecular weight excluding hydrogens is 294 g/mol. The Balaban J connectivity index is 1.67. The van der Waals surface area contributed by atoms with Gasteiger partial charge in [0.05, 0.1) is 5.52 Å². The molecule has 3 aromatic rings. The molecule has 0 bridgehead atoms. The Kier molecular flexibility index (Phi) is 3.33. The first-order valence-electron chi connectivity index (χ1n) is 7.84. The van der Waals surface area contributed by atoms with Crippen molar-refractivity contribution in [1.82, 2.24) is 24.5 Å². The monoisotopic (exact) mass is 311 g/mol. The van der Waals surface area contributed by atoms with E-state index in [0.717, 1.165) is 36.6 Å². The minimum Gasteiger partial charge on any atom is -0.352 e. The number of carbonyl (C=O) groups excluding carboxylic acids is 1. The van der Waals surface area contributed by atoms with Crippen LogP contribution in [0.5, 0.6) is 0 Å². The summed E-state index contributed by atoms with van der Waals surface area (Å²) in [4.78, 5) is 28.8. The van der Waals surface area contributed by atoms with Gasteiger partial charge in [-0.05, 0) is 25.0 Å². The van der Waals surface area contributed by atoms with Crippen molar-refractivity contribution in [2.45, 2.75) is 38.3 Å². The highest BCUT2D eigenvalue weighted by Crippen LogP contribution is 2.17. The van der Waals surface area contributed by atoms with Gasteiger partial charge in [-0.3, -0.25) is 4.79 Å². The fourth-order valence-electron chi connectivity index (χ4n) is 3.19. The molecule has 0 spiro atoms. The second-order valence-electron chi connectivity index (χ2n) is 5.94. The van der Waals surface area contributed by atoms with Crippen LogP contribution in [0, 0.1) is 0 Å². The van der Waals surface area contributed by atoms with Crippen molar-refractivity contribution < 1.29 is 4.79 Å². The molecule has 7 nitrogen and oxygen atoms in total. The summed E-state index contributed by atoms with van der Waals surface area (Å²) < 4.78 is 2.58. The Morgan fingerprint density at radius 3 is 2.87 bits per heavy atom. The maximum absolute atomic E-state index is 12.4. The highest BCUT2D eigenvalue weighted by Gasteiger charge is 2.19. The molecule has 1 N–H and O–H groups in total.